The lowest BCUT2D eigenvalue weighted by Gasteiger charge is -2.10. The molecule has 0 bridgehead atoms. The Bertz CT molecular complexity index is 904. The number of oxazole rings is 1. The van der Waals surface area contributed by atoms with E-state index in [1.165, 1.54) is 18.3 Å². The molecule has 0 atom stereocenters. The van der Waals surface area contributed by atoms with Gasteiger partial charge in [-0.3, -0.25) is 0 Å². The van der Waals surface area contributed by atoms with Crippen molar-refractivity contribution in [1.29, 1.82) is 0 Å². The zero-order valence-electron chi connectivity index (χ0n) is 16.6. The third-order valence-corrected chi connectivity index (χ3v) is 2.82. The molecule has 0 N–H and O–H groups in total. The first-order valence-corrected chi connectivity index (χ1v) is 5.81. The maximum Gasteiger partial charge on any atom is 0.228 e. The van der Waals surface area contributed by atoms with Gasteiger partial charge in [-0.15, -0.1) is 0 Å². The van der Waals surface area contributed by atoms with Crippen LogP contribution in [-0.2, 0) is 0 Å². The van der Waals surface area contributed by atoms with Crippen molar-refractivity contribution in [3.05, 3.63) is 36.5 Å². The van der Waals surface area contributed by atoms with Crippen LogP contribution in [0.25, 0.3) is 22.6 Å². The van der Waals surface area contributed by atoms with Gasteiger partial charge in [-0.05, 0) is 24.3 Å². The third-order valence-electron chi connectivity index (χ3n) is 2.82. The molecule has 0 amide bonds. The summed E-state index contributed by atoms with van der Waals surface area (Å²) < 4.78 is 55.4. The van der Waals surface area contributed by atoms with Crippen LogP contribution >= 0.6 is 0 Å². The summed E-state index contributed by atoms with van der Waals surface area (Å²) in [7, 11) is 1.54. The Balaban J connectivity index is 1.96. The number of aromatic nitrogens is 2. The molecule has 3 rings (SSSR count). The predicted octanol–water partition coefficient (Wildman–Crippen LogP) is 2.96. The summed E-state index contributed by atoms with van der Waals surface area (Å²) in [4.78, 5) is 8.63. The first kappa shape index (κ1) is 7.28. The number of fused-ring (bicyclic) bond motifs is 1. The normalized spacial score (nSPS) is 16.4. The number of hydrogen-bond donors (Lipinski definition) is 0. The van der Waals surface area contributed by atoms with Gasteiger partial charge in [0, 0.05) is 34.4 Å². The van der Waals surface area contributed by atoms with Crippen LogP contribution in [0.4, 0.5) is 5.82 Å². The average Bonchev–Trinajstić information content (AvgIpc) is 2.95. The van der Waals surface area contributed by atoms with Crippen molar-refractivity contribution in [3.8, 4) is 17.2 Å². The van der Waals surface area contributed by atoms with Crippen LogP contribution in [-0.4, -0.2) is 31.0 Å². The second-order valence-electron chi connectivity index (χ2n) is 4.09. The minimum absolute atomic E-state index is 0.188. The van der Waals surface area contributed by atoms with Gasteiger partial charge in [-0.1, -0.05) is 0 Å². The number of nitrogens with zero attached hydrogens (tertiary/aromatic N) is 3. The van der Waals surface area contributed by atoms with Gasteiger partial charge >= 0.3 is 0 Å². The average molecular weight is 281 g/mol. The van der Waals surface area contributed by atoms with Gasteiger partial charge in [0.05, 0.1) is 12.7 Å². The Kier molecular flexibility index (Phi) is 1.76. The molecule has 5 nitrogen and oxygen atoms in total. The smallest absolute Gasteiger partial charge is 0.228 e. The lowest BCUT2D eigenvalue weighted by atomic mass is 10.3. The van der Waals surface area contributed by atoms with E-state index in [0.29, 0.717) is 27.3 Å². The molecule has 0 saturated carbocycles. The molecule has 0 unspecified atom stereocenters. The highest BCUT2D eigenvalue weighted by atomic mass is 16.5. The van der Waals surface area contributed by atoms with E-state index < -0.39 is 14.0 Å². The third kappa shape index (κ3) is 2.18. The van der Waals surface area contributed by atoms with Gasteiger partial charge in [-0.25, -0.2) is 9.97 Å². The molecule has 0 fully saturated rings. The van der Waals surface area contributed by atoms with Crippen molar-refractivity contribution in [2.45, 2.75) is 0 Å². The maximum atomic E-state index is 7.43. The summed E-state index contributed by atoms with van der Waals surface area (Å²) in [5, 5.41) is 0. The summed E-state index contributed by atoms with van der Waals surface area (Å²) >= 11 is 0. The van der Waals surface area contributed by atoms with Crippen LogP contribution in [0.15, 0.2) is 40.9 Å². The molecular weight excluding hydrogens is 254 g/mol. The molecule has 0 spiro atoms. The van der Waals surface area contributed by atoms with Crippen LogP contribution in [0.5, 0.6) is 5.75 Å². The molecule has 0 aliphatic rings. The van der Waals surface area contributed by atoms with Crippen molar-refractivity contribution in [1.82, 2.24) is 9.97 Å². The summed E-state index contributed by atoms with van der Waals surface area (Å²) in [5.74, 6) is 0.716. The zero-order chi connectivity index (χ0) is 19.1. The molecular formula is C15H15N3O2. The lowest BCUT2D eigenvalue weighted by molar-refractivity contribution is 0.414. The first-order valence-electron chi connectivity index (χ1n) is 8.81. The van der Waals surface area contributed by atoms with Crippen molar-refractivity contribution < 1.29 is 17.4 Å². The minimum Gasteiger partial charge on any atom is -0.497 e. The van der Waals surface area contributed by atoms with Crippen molar-refractivity contribution in [2.75, 3.05) is 26.0 Å². The van der Waals surface area contributed by atoms with Crippen molar-refractivity contribution >= 4 is 16.9 Å². The molecule has 1 aromatic carbocycles. The summed E-state index contributed by atoms with van der Waals surface area (Å²) in [6.07, 6.45) is 1.32. The van der Waals surface area contributed by atoms with Crippen LogP contribution in [0, 0.1) is 0 Å². The first-order chi connectivity index (χ1) is 12.1. The molecule has 0 aliphatic heterocycles. The highest BCUT2D eigenvalue weighted by molar-refractivity contribution is 5.77. The second-order valence-corrected chi connectivity index (χ2v) is 4.09. The van der Waals surface area contributed by atoms with Crippen LogP contribution < -0.4 is 9.64 Å². The molecule has 2 aromatic heterocycles. The van der Waals surface area contributed by atoms with Crippen LogP contribution in [0.3, 0.4) is 0 Å². The molecule has 2 heterocycles. The number of ether oxygens (including phenoxy) is 1. The van der Waals surface area contributed by atoms with Gasteiger partial charge in [0.15, 0.2) is 5.58 Å². The van der Waals surface area contributed by atoms with Crippen LogP contribution in [0.1, 0.15) is 8.22 Å². The fraction of sp³-hybridized carbons (Fsp3) is 0.200. The van der Waals surface area contributed by atoms with E-state index in [2.05, 4.69) is 9.97 Å². The SMILES string of the molecule is [3H]C([3H])([3H])N(c1ccc(-c2nc3ccc(OC)cc3o2)cn1)C([3H])([3H])[3H]. The zero-order valence-corrected chi connectivity index (χ0v) is 10.6. The van der Waals surface area contributed by atoms with E-state index >= 15 is 0 Å². The molecule has 0 radical (unpaired) electrons. The van der Waals surface area contributed by atoms with Gasteiger partial charge in [0.25, 0.3) is 0 Å². The Morgan fingerprint density at radius 3 is 2.85 bits per heavy atom. The number of benzene rings is 1. The Labute approximate surface area is 125 Å². The minimum atomic E-state index is -2.85. The fourth-order valence-corrected chi connectivity index (χ4v) is 1.80. The maximum absolute atomic E-state index is 7.43. The van der Waals surface area contributed by atoms with E-state index in [0.717, 1.165) is 0 Å². The number of hydrogen-bond acceptors (Lipinski definition) is 5. The standard InChI is InChI=1S/C15H15N3O2/c1-18(2)14-7-4-10(9-16-14)15-17-12-6-5-11(19-3)8-13(12)20-15/h4-9H,1-3H3/i1T3,2T3. The number of anilines is 1. The highest BCUT2D eigenvalue weighted by Crippen LogP contribution is 2.27. The second kappa shape index (κ2) is 4.85. The summed E-state index contributed by atoms with van der Waals surface area (Å²) in [6, 6.07) is 8.01. The monoisotopic (exact) mass is 281 g/mol. The van der Waals surface area contributed by atoms with Gasteiger partial charge in [0.2, 0.25) is 5.89 Å². The van der Waals surface area contributed by atoms with Gasteiger partial charge in [-0.2, -0.15) is 0 Å². The highest BCUT2D eigenvalue weighted by Gasteiger charge is 2.09. The Morgan fingerprint density at radius 2 is 2.15 bits per heavy atom. The van der Waals surface area contributed by atoms with E-state index in [1.54, 1.807) is 25.3 Å². The summed E-state index contributed by atoms with van der Waals surface area (Å²) in [6.45, 7) is -5.71. The molecule has 5 heteroatoms. The molecule has 102 valence electrons. The fourth-order valence-electron chi connectivity index (χ4n) is 1.80. The Morgan fingerprint density at radius 1 is 1.25 bits per heavy atom. The predicted molar refractivity (Wildman–Crippen MR) is 78.1 cm³/mol. The molecule has 20 heavy (non-hydrogen) atoms. The quantitative estimate of drug-likeness (QED) is 0.738. The van der Waals surface area contributed by atoms with E-state index in [1.807, 2.05) is 0 Å². The molecule has 3 aromatic rings. The van der Waals surface area contributed by atoms with E-state index in [-0.39, 0.29) is 11.7 Å². The number of methoxy groups -OCH3 is 1. The largest absolute Gasteiger partial charge is 0.497 e. The van der Waals surface area contributed by atoms with Crippen molar-refractivity contribution in [2.24, 2.45) is 0 Å². The van der Waals surface area contributed by atoms with E-state index in [4.69, 9.17) is 17.4 Å². The Hall–Kier alpha value is -2.56. The number of pyridine rings is 1. The van der Waals surface area contributed by atoms with Crippen LogP contribution in [0.2, 0.25) is 0 Å². The molecule has 0 saturated heterocycles. The molecule has 0 aliphatic carbocycles. The number of rotatable bonds is 3. The van der Waals surface area contributed by atoms with E-state index in [9.17, 15) is 0 Å². The van der Waals surface area contributed by atoms with Gasteiger partial charge < -0.3 is 14.1 Å². The topological polar surface area (TPSA) is 51.4 Å². The van der Waals surface area contributed by atoms with Crippen molar-refractivity contribution in [3.63, 3.8) is 0 Å². The lowest BCUT2D eigenvalue weighted by Crippen LogP contribution is -2.09. The summed E-state index contributed by atoms with van der Waals surface area (Å²) in [5.41, 5.74) is 1.63. The van der Waals surface area contributed by atoms with Gasteiger partial charge in [0.1, 0.15) is 17.1 Å².